The Morgan fingerprint density at radius 3 is 3.08 bits per heavy atom. The van der Waals surface area contributed by atoms with Gasteiger partial charge in [-0.3, -0.25) is 9.48 Å². The van der Waals surface area contributed by atoms with Crippen molar-refractivity contribution in [3.8, 4) is 0 Å². The van der Waals surface area contributed by atoms with E-state index >= 15 is 0 Å². The predicted octanol–water partition coefficient (Wildman–Crippen LogP) is 2.65. The Morgan fingerprint density at radius 2 is 2.33 bits per heavy atom. The third kappa shape index (κ3) is 4.03. The summed E-state index contributed by atoms with van der Waals surface area (Å²) in [6, 6.07) is 9.78. The van der Waals surface area contributed by atoms with Crippen molar-refractivity contribution in [2.75, 3.05) is 6.54 Å². The molecule has 0 bridgehead atoms. The van der Waals surface area contributed by atoms with E-state index in [1.807, 2.05) is 41.9 Å². The van der Waals surface area contributed by atoms with Crippen molar-refractivity contribution >= 4 is 27.5 Å². The highest BCUT2D eigenvalue weighted by molar-refractivity contribution is 9.10. The zero-order valence-electron chi connectivity index (χ0n) is 13.4. The zero-order valence-corrected chi connectivity index (χ0v) is 15.0. The minimum absolute atomic E-state index is 0.124. The molecule has 7 heteroatoms. The van der Waals surface area contributed by atoms with Crippen LogP contribution in [-0.2, 0) is 16.2 Å². The molecule has 3 rings (SSSR count). The number of hydrogen-bond donors (Lipinski definition) is 1. The van der Waals surface area contributed by atoms with Crippen LogP contribution in [0.3, 0.4) is 0 Å². The number of carbonyl (C=O) groups excluding carboxylic acids is 1. The van der Waals surface area contributed by atoms with E-state index in [9.17, 15) is 4.79 Å². The largest absolute Gasteiger partial charge is 0.382 e. The van der Waals surface area contributed by atoms with E-state index in [1.54, 1.807) is 6.20 Å². The quantitative estimate of drug-likeness (QED) is 0.770. The van der Waals surface area contributed by atoms with Crippen molar-refractivity contribution in [1.82, 2.24) is 15.1 Å². The average Bonchev–Trinajstić information content (AvgIpc) is 3.21. The molecule has 0 aliphatic carbocycles. The average molecular weight is 391 g/mol. The summed E-state index contributed by atoms with van der Waals surface area (Å²) in [5.41, 5.74) is 2.88. The van der Waals surface area contributed by atoms with E-state index in [-0.39, 0.29) is 5.91 Å². The molecule has 1 aliphatic rings. The molecule has 24 heavy (non-hydrogen) atoms. The van der Waals surface area contributed by atoms with E-state index in [2.05, 4.69) is 31.5 Å². The molecular formula is C17H19BrN4O2. The molecule has 1 aromatic heterocycles. The van der Waals surface area contributed by atoms with Gasteiger partial charge in [-0.2, -0.15) is 5.10 Å². The predicted molar refractivity (Wildman–Crippen MR) is 94.8 cm³/mol. The first-order valence-corrected chi connectivity index (χ1v) is 8.67. The van der Waals surface area contributed by atoms with Crippen LogP contribution in [0.15, 0.2) is 46.2 Å². The van der Waals surface area contributed by atoms with E-state index < -0.39 is 6.10 Å². The van der Waals surface area contributed by atoms with Gasteiger partial charge in [-0.05, 0) is 31.5 Å². The van der Waals surface area contributed by atoms with E-state index in [4.69, 9.17) is 4.84 Å². The van der Waals surface area contributed by atoms with Crippen LogP contribution in [0.2, 0.25) is 0 Å². The highest BCUT2D eigenvalue weighted by atomic mass is 79.9. The lowest BCUT2D eigenvalue weighted by Gasteiger charge is -2.10. The second-order valence-electron chi connectivity index (χ2n) is 5.69. The minimum atomic E-state index is -0.551. The molecule has 2 heterocycles. The fraction of sp³-hybridized carbons (Fsp3) is 0.353. The Hall–Kier alpha value is -2.15. The molecule has 1 atom stereocenters. The Balaban J connectivity index is 1.43. The monoisotopic (exact) mass is 390 g/mol. The van der Waals surface area contributed by atoms with Crippen LogP contribution >= 0.6 is 15.9 Å². The molecule has 0 radical (unpaired) electrons. The fourth-order valence-electron chi connectivity index (χ4n) is 2.54. The smallest absolute Gasteiger partial charge is 0.264 e. The topological polar surface area (TPSA) is 68.5 Å². The molecule has 1 N–H and O–H groups in total. The van der Waals surface area contributed by atoms with E-state index in [0.29, 0.717) is 13.0 Å². The lowest BCUT2D eigenvalue weighted by molar-refractivity contribution is -0.131. The van der Waals surface area contributed by atoms with Gasteiger partial charge in [0, 0.05) is 41.4 Å². The Labute approximate surface area is 149 Å². The molecule has 1 amide bonds. The van der Waals surface area contributed by atoms with Gasteiger partial charge in [0.05, 0.1) is 5.71 Å². The molecule has 0 spiro atoms. The van der Waals surface area contributed by atoms with Crippen LogP contribution in [0.25, 0.3) is 0 Å². The van der Waals surface area contributed by atoms with Gasteiger partial charge in [-0.25, -0.2) is 0 Å². The SMILES string of the molecule is Cc1ccnn1CCCNC(=O)C1CC(c2cccc(Br)c2)=NO1. The normalized spacial score (nSPS) is 16.6. The molecule has 1 unspecified atom stereocenters. The fourth-order valence-corrected chi connectivity index (χ4v) is 2.94. The Kier molecular flexibility index (Phi) is 5.30. The number of nitrogens with zero attached hydrogens (tertiary/aromatic N) is 3. The summed E-state index contributed by atoms with van der Waals surface area (Å²) in [7, 11) is 0. The third-order valence-electron chi connectivity index (χ3n) is 3.89. The van der Waals surface area contributed by atoms with Crippen molar-refractivity contribution < 1.29 is 9.63 Å². The number of amides is 1. The van der Waals surface area contributed by atoms with Crippen molar-refractivity contribution in [3.63, 3.8) is 0 Å². The summed E-state index contributed by atoms with van der Waals surface area (Å²) in [6.07, 6.45) is 2.53. The standard InChI is InChI=1S/C17H19BrN4O2/c1-12-6-8-20-22(12)9-3-7-19-17(23)16-11-15(21-24-16)13-4-2-5-14(18)10-13/h2,4-6,8,10,16H,3,7,9,11H2,1H3,(H,19,23). The molecule has 1 aliphatic heterocycles. The highest BCUT2D eigenvalue weighted by Crippen LogP contribution is 2.19. The summed E-state index contributed by atoms with van der Waals surface area (Å²) < 4.78 is 2.90. The van der Waals surface area contributed by atoms with Crippen LogP contribution in [0, 0.1) is 6.92 Å². The first kappa shape index (κ1) is 16.7. The first-order valence-electron chi connectivity index (χ1n) is 7.88. The minimum Gasteiger partial charge on any atom is -0.382 e. The molecule has 0 saturated carbocycles. The zero-order chi connectivity index (χ0) is 16.9. The molecular weight excluding hydrogens is 372 g/mol. The molecule has 1 aromatic carbocycles. The number of benzene rings is 1. The number of hydrogen-bond acceptors (Lipinski definition) is 4. The van der Waals surface area contributed by atoms with Crippen LogP contribution in [0.5, 0.6) is 0 Å². The van der Waals surface area contributed by atoms with Gasteiger partial charge in [0.15, 0.2) is 0 Å². The Morgan fingerprint density at radius 1 is 1.46 bits per heavy atom. The third-order valence-corrected chi connectivity index (χ3v) is 4.39. The van der Waals surface area contributed by atoms with Crippen molar-refractivity contribution in [1.29, 1.82) is 0 Å². The van der Waals surface area contributed by atoms with Gasteiger partial charge in [0.1, 0.15) is 0 Å². The van der Waals surface area contributed by atoms with Gasteiger partial charge in [0.2, 0.25) is 6.10 Å². The summed E-state index contributed by atoms with van der Waals surface area (Å²) in [5.74, 6) is -0.124. The van der Waals surface area contributed by atoms with E-state index in [1.165, 1.54) is 0 Å². The highest BCUT2D eigenvalue weighted by Gasteiger charge is 2.28. The molecule has 2 aromatic rings. The second kappa shape index (κ2) is 7.61. The van der Waals surface area contributed by atoms with Gasteiger partial charge < -0.3 is 10.2 Å². The van der Waals surface area contributed by atoms with Gasteiger partial charge in [0.25, 0.3) is 5.91 Å². The number of aromatic nitrogens is 2. The Bertz CT molecular complexity index is 757. The number of rotatable bonds is 6. The van der Waals surface area contributed by atoms with Crippen LogP contribution in [-0.4, -0.2) is 34.0 Å². The van der Waals surface area contributed by atoms with Gasteiger partial charge >= 0.3 is 0 Å². The summed E-state index contributed by atoms with van der Waals surface area (Å²) >= 11 is 3.43. The van der Waals surface area contributed by atoms with Crippen LogP contribution in [0.1, 0.15) is 24.1 Å². The molecule has 0 saturated heterocycles. The summed E-state index contributed by atoms with van der Waals surface area (Å²) in [5, 5.41) is 11.2. The second-order valence-corrected chi connectivity index (χ2v) is 6.60. The molecule has 126 valence electrons. The number of aryl methyl sites for hydroxylation is 2. The lowest BCUT2D eigenvalue weighted by atomic mass is 10.0. The van der Waals surface area contributed by atoms with Crippen LogP contribution < -0.4 is 5.32 Å². The first-order chi connectivity index (χ1) is 11.6. The maximum Gasteiger partial charge on any atom is 0.264 e. The van der Waals surface area contributed by atoms with E-state index in [0.717, 1.165) is 34.4 Å². The number of carbonyl (C=O) groups is 1. The molecule has 6 nitrogen and oxygen atoms in total. The van der Waals surface area contributed by atoms with Gasteiger partial charge in [-0.15, -0.1) is 0 Å². The van der Waals surface area contributed by atoms with Gasteiger partial charge in [-0.1, -0.05) is 33.2 Å². The van der Waals surface area contributed by atoms with Crippen molar-refractivity contribution in [2.45, 2.75) is 32.4 Å². The molecule has 0 fully saturated rings. The number of oxime groups is 1. The number of halogens is 1. The maximum absolute atomic E-state index is 12.2. The lowest BCUT2D eigenvalue weighted by Crippen LogP contribution is -2.35. The maximum atomic E-state index is 12.2. The summed E-state index contributed by atoms with van der Waals surface area (Å²) in [4.78, 5) is 17.5. The van der Waals surface area contributed by atoms with Crippen molar-refractivity contribution in [2.24, 2.45) is 5.16 Å². The van der Waals surface area contributed by atoms with Crippen LogP contribution in [0.4, 0.5) is 0 Å². The van der Waals surface area contributed by atoms with Crippen molar-refractivity contribution in [3.05, 3.63) is 52.3 Å². The summed E-state index contributed by atoms with van der Waals surface area (Å²) in [6.45, 7) is 3.38. The number of nitrogens with one attached hydrogen (secondary N) is 1.